The molecule has 6 heteroatoms. The van der Waals surface area contributed by atoms with Gasteiger partial charge in [-0.25, -0.2) is 14.4 Å². The third-order valence-corrected chi connectivity index (χ3v) is 4.58. The summed E-state index contributed by atoms with van der Waals surface area (Å²) in [6, 6.07) is 10.3. The van der Waals surface area contributed by atoms with Crippen LogP contribution >= 0.6 is 0 Å². The minimum Gasteiger partial charge on any atom is -0.330 e. The summed E-state index contributed by atoms with van der Waals surface area (Å²) in [4.78, 5) is 25.9. The molecule has 0 saturated carbocycles. The van der Waals surface area contributed by atoms with Gasteiger partial charge in [-0.3, -0.25) is 9.78 Å². The van der Waals surface area contributed by atoms with E-state index in [1.165, 1.54) is 12.1 Å². The van der Waals surface area contributed by atoms with Crippen LogP contribution < -0.4 is 0 Å². The molecular weight excluding hydrogens is 355 g/mol. The number of nitrogens with zero attached hydrogens (tertiary/aromatic N) is 4. The Morgan fingerprint density at radius 1 is 1.14 bits per heavy atom. The molecule has 0 fully saturated rings. The van der Waals surface area contributed by atoms with Crippen molar-refractivity contribution < 1.29 is 11.9 Å². The zero-order valence-electron chi connectivity index (χ0n) is 17.5. The number of ketones is 1. The highest BCUT2D eigenvalue weighted by Gasteiger charge is 2.11. The smallest absolute Gasteiger partial charge is 0.143 e. The fourth-order valence-corrected chi connectivity index (χ4v) is 2.94. The van der Waals surface area contributed by atoms with Gasteiger partial charge in [0.1, 0.15) is 17.4 Å². The number of fused-ring (bicyclic) bond motifs is 1. The predicted octanol–water partition coefficient (Wildman–Crippen LogP) is 3.83. The number of hydrogen-bond acceptors (Lipinski definition) is 4. The lowest BCUT2D eigenvalue weighted by Gasteiger charge is -2.06. The van der Waals surface area contributed by atoms with Crippen molar-refractivity contribution >= 4 is 16.7 Å². The first-order valence-electron chi connectivity index (χ1n) is 9.79. The van der Waals surface area contributed by atoms with E-state index in [4.69, 9.17) is 2.74 Å². The van der Waals surface area contributed by atoms with Crippen molar-refractivity contribution in [3.63, 3.8) is 0 Å². The Kier molecular flexibility index (Phi) is 4.08. The quantitative estimate of drug-likeness (QED) is 0.531. The molecule has 3 heterocycles. The van der Waals surface area contributed by atoms with Crippen molar-refractivity contribution in [1.29, 1.82) is 0 Å². The fraction of sp³-hybridized carbons (Fsp3) is 0.182. The summed E-state index contributed by atoms with van der Waals surface area (Å²) in [6.45, 7) is 1.91. The highest BCUT2D eigenvalue weighted by Crippen LogP contribution is 2.21. The van der Waals surface area contributed by atoms with E-state index < -0.39 is 18.0 Å². The number of rotatable bonds is 5. The first-order chi connectivity index (χ1) is 14.3. The van der Waals surface area contributed by atoms with Crippen LogP contribution in [0.15, 0.2) is 54.9 Å². The standard InChI is InChI=1S/C22H19FN4O/c1-14-24-13-22(27(14)2)20-8-5-16-12-25-18(11-21(16)26-20)10-19(28)9-15-3-6-17(23)7-4-15/h3-8,11-13H,9-10H2,1-2H3/i9D2. The summed E-state index contributed by atoms with van der Waals surface area (Å²) >= 11 is 0. The van der Waals surface area contributed by atoms with Gasteiger partial charge in [0.2, 0.25) is 0 Å². The second-order valence-electron chi connectivity index (χ2n) is 6.55. The SMILES string of the molecule is [2H]C([2H])(C(=O)Cc1cc2nc(-c3cnc(C)n3C)ccc2cn1)c1ccc(F)cc1. The number of carbonyl (C=O) groups excluding carboxylic acids is 1. The van der Waals surface area contributed by atoms with Crippen molar-refractivity contribution in [1.82, 2.24) is 19.5 Å². The predicted molar refractivity (Wildman–Crippen MR) is 105 cm³/mol. The molecule has 140 valence electrons. The third-order valence-electron chi connectivity index (χ3n) is 4.58. The minimum absolute atomic E-state index is 0.113. The molecule has 5 nitrogen and oxygen atoms in total. The van der Waals surface area contributed by atoms with Crippen molar-refractivity contribution in [2.24, 2.45) is 7.05 Å². The average Bonchev–Trinajstić information content (AvgIpc) is 3.06. The zero-order valence-corrected chi connectivity index (χ0v) is 15.5. The Hall–Kier alpha value is -3.41. The van der Waals surface area contributed by atoms with Gasteiger partial charge in [0, 0.05) is 39.9 Å². The number of aryl methyl sites for hydroxylation is 1. The number of pyridine rings is 2. The van der Waals surface area contributed by atoms with Crippen LogP contribution in [-0.4, -0.2) is 25.3 Å². The number of imidazole rings is 1. The van der Waals surface area contributed by atoms with Gasteiger partial charge < -0.3 is 4.57 Å². The highest BCUT2D eigenvalue weighted by atomic mass is 19.1. The number of benzene rings is 1. The number of aromatic nitrogens is 4. The number of carbonyl (C=O) groups is 1. The third kappa shape index (κ3) is 3.67. The highest BCUT2D eigenvalue weighted by molar-refractivity contribution is 5.85. The molecular formula is C22H19FN4O. The summed E-state index contributed by atoms with van der Waals surface area (Å²) < 4.78 is 31.4. The van der Waals surface area contributed by atoms with Crippen LogP contribution in [0.4, 0.5) is 4.39 Å². The molecule has 0 unspecified atom stereocenters. The molecule has 28 heavy (non-hydrogen) atoms. The van der Waals surface area contributed by atoms with Crippen molar-refractivity contribution in [3.8, 4) is 11.4 Å². The summed E-state index contributed by atoms with van der Waals surface area (Å²) in [7, 11) is 1.91. The van der Waals surface area contributed by atoms with Crippen LogP contribution in [0.3, 0.4) is 0 Å². The van der Waals surface area contributed by atoms with Crippen LogP contribution in [0.25, 0.3) is 22.3 Å². The van der Waals surface area contributed by atoms with Crippen LogP contribution in [0.1, 0.15) is 19.8 Å². The molecule has 4 rings (SSSR count). The van der Waals surface area contributed by atoms with E-state index in [1.54, 1.807) is 18.5 Å². The maximum Gasteiger partial charge on any atom is 0.143 e. The average molecular weight is 376 g/mol. The first-order valence-corrected chi connectivity index (χ1v) is 8.79. The van der Waals surface area contributed by atoms with Crippen LogP contribution in [0, 0.1) is 12.7 Å². The van der Waals surface area contributed by atoms with E-state index >= 15 is 0 Å². The zero-order chi connectivity index (χ0) is 21.5. The Morgan fingerprint density at radius 3 is 2.64 bits per heavy atom. The summed E-state index contributed by atoms with van der Waals surface area (Å²) in [5.74, 6) is -0.265. The van der Waals surface area contributed by atoms with Crippen LogP contribution in [0.2, 0.25) is 0 Å². The van der Waals surface area contributed by atoms with Gasteiger partial charge in [-0.1, -0.05) is 12.1 Å². The largest absolute Gasteiger partial charge is 0.330 e. The summed E-state index contributed by atoms with van der Waals surface area (Å²) in [5, 5.41) is 0.815. The Morgan fingerprint density at radius 2 is 1.93 bits per heavy atom. The lowest BCUT2D eigenvalue weighted by Crippen LogP contribution is -2.08. The Bertz CT molecular complexity index is 1250. The van der Waals surface area contributed by atoms with Gasteiger partial charge in [0.25, 0.3) is 0 Å². The molecule has 4 aromatic rings. The number of Topliss-reactive ketones (excluding diaryl/α,β-unsaturated/α-hetero) is 1. The lowest BCUT2D eigenvalue weighted by molar-refractivity contribution is -0.117. The summed E-state index contributed by atoms with van der Waals surface area (Å²) in [5.41, 5.74) is 2.81. The van der Waals surface area contributed by atoms with Gasteiger partial charge >= 0.3 is 0 Å². The summed E-state index contributed by atoms with van der Waals surface area (Å²) in [6.07, 6.45) is 0.936. The fourth-order valence-electron chi connectivity index (χ4n) is 2.94. The minimum atomic E-state index is -2.24. The molecule has 0 saturated heterocycles. The molecule has 1 aromatic carbocycles. The topological polar surface area (TPSA) is 60.7 Å². The molecule has 0 aliphatic heterocycles. The molecule has 0 atom stereocenters. The van der Waals surface area contributed by atoms with Gasteiger partial charge in [-0.05, 0) is 42.8 Å². The van der Waals surface area contributed by atoms with Gasteiger partial charge in [-0.15, -0.1) is 0 Å². The van der Waals surface area contributed by atoms with E-state index in [9.17, 15) is 9.18 Å². The molecule has 0 aliphatic rings. The monoisotopic (exact) mass is 376 g/mol. The van der Waals surface area contributed by atoms with Gasteiger partial charge in [-0.2, -0.15) is 0 Å². The van der Waals surface area contributed by atoms with Crippen molar-refractivity contribution in [2.45, 2.75) is 19.7 Å². The Labute approximate surface area is 164 Å². The van der Waals surface area contributed by atoms with Crippen molar-refractivity contribution in [2.75, 3.05) is 0 Å². The maximum absolute atomic E-state index is 13.1. The molecule has 0 radical (unpaired) electrons. The van der Waals surface area contributed by atoms with E-state index in [0.717, 1.165) is 34.7 Å². The Balaban J connectivity index is 1.63. The molecule has 0 amide bonds. The van der Waals surface area contributed by atoms with Crippen LogP contribution in [-0.2, 0) is 24.6 Å². The molecule has 0 N–H and O–H groups in total. The van der Waals surface area contributed by atoms with E-state index in [1.807, 2.05) is 30.7 Å². The second kappa shape index (κ2) is 7.31. The lowest BCUT2D eigenvalue weighted by atomic mass is 10.0. The molecule has 0 spiro atoms. The van der Waals surface area contributed by atoms with Gasteiger partial charge in [0.05, 0.1) is 23.1 Å². The van der Waals surface area contributed by atoms with Crippen molar-refractivity contribution in [3.05, 3.63) is 77.8 Å². The van der Waals surface area contributed by atoms with E-state index in [-0.39, 0.29) is 12.0 Å². The van der Waals surface area contributed by atoms with E-state index in [2.05, 4.69) is 15.0 Å². The first kappa shape index (κ1) is 15.6. The van der Waals surface area contributed by atoms with Gasteiger partial charge in [0.15, 0.2) is 0 Å². The number of halogens is 1. The maximum atomic E-state index is 13.1. The second-order valence-corrected chi connectivity index (χ2v) is 6.55. The van der Waals surface area contributed by atoms with Crippen LogP contribution in [0.5, 0.6) is 0 Å². The normalized spacial score (nSPS) is 12.7. The molecule has 0 aliphatic carbocycles. The molecule has 3 aromatic heterocycles. The number of hydrogen-bond donors (Lipinski definition) is 0. The van der Waals surface area contributed by atoms with E-state index in [0.29, 0.717) is 11.2 Å². The molecule has 0 bridgehead atoms.